The molecule has 1 saturated heterocycles. The van der Waals surface area contributed by atoms with Crippen LogP contribution in [-0.4, -0.2) is 31.2 Å². The fourth-order valence-electron chi connectivity index (χ4n) is 2.23. The molecule has 1 fully saturated rings. The number of ether oxygens (including phenoxy) is 1. The lowest BCUT2D eigenvalue weighted by Gasteiger charge is -2.31. The predicted molar refractivity (Wildman–Crippen MR) is 71.2 cm³/mol. The molecule has 0 unspecified atom stereocenters. The normalized spacial score (nSPS) is 18.5. The maximum atomic E-state index is 6.01. The van der Waals surface area contributed by atoms with Gasteiger partial charge in [0.25, 0.3) is 0 Å². The van der Waals surface area contributed by atoms with Gasteiger partial charge < -0.3 is 10.5 Å². The van der Waals surface area contributed by atoms with Gasteiger partial charge in [-0.1, -0.05) is 17.7 Å². The van der Waals surface area contributed by atoms with Crippen LogP contribution in [0.25, 0.3) is 0 Å². The molecule has 0 aromatic heterocycles. The van der Waals surface area contributed by atoms with E-state index in [1.54, 1.807) is 7.11 Å². The number of anilines is 1. The van der Waals surface area contributed by atoms with E-state index in [0.717, 1.165) is 32.5 Å². The summed E-state index contributed by atoms with van der Waals surface area (Å²) in [6.07, 6.45) is 2.65. The van der Waals surface area contributed by atoms with Crippen LogP contribution in [0.4, 0.5) is 5.69 Å². The van der Waals surface area contributed by atoms with E-state index < -0.39 is 0 Å². The fraction of sp³-hybridized carbons (Fsp3) is 0.538. The molecule has 17 heavy (non-hydrogen) atoms. The highest BCUT2D eigenvalue weighted by Crippen LogP contribution is 2.22. The molecule has 1 aromatic carbocycles. The number of hydrogen-bond donors (Lipinski definition) is 1. The van der Waals surface area contributed by atoms with Crippen molar-refractivity contribution in [2.24, 2.45) is 0 Å². The molecule has 1 aliphatic rings. The van der Waals surface area contributed by atoms with Gasteiger partial charge >= 0.3 is 0 Å². The first-order valence-corrected chi connectivity index (χ1v) is 6.36. The molecule has 0 saturated carbocycles. The van der Waals surface area contributed by atoms with E-state index in [4.69, 9.17) is 22.1 Å². The van der Waals surface area contributed by atoms with Gasteiger partial charge in [-0.15, -0.1) is 0 Å². The Kier molecular flexibility index (Phi) is 4.26. The zero-order chi connectivity index (χ0) is 12.3. The van der Waals surface area contributed by atoms with Crippen molar-refractivity contribution < 1.29 is 4.74 Å². The van der Waals surface area contributed by atoms with Gasteiger partial charge in [0.05, 0.1) is 16.8 Å². The van der Waals surface area contributed by atoms with Gasteiger partial charge in [-0.3, -0.25) is 4.90 Å². The molecule has 2 rings (SSSR count). The van der Waals surface area contributed by atoms with Gasteiger partial charge in [0.1, 0.15) is 0 Å². The lowest BCUT2D eigenvalue weighted by atomic mass is 10.1. The van der Waals surface area contributed by atoms with Gasteiger partial charge in [-0.2, -0.15) is 0 Å². The Hall–Kier alpha value is -0.770. The van der Waals surface area contributed by atoms with Crippen LogP contribution in [-0.2, 0) is 11.3 Å². The number of rotatable bonds is 3. The van der Waals surface area contributed by atoms with Crippen molar-refractivity contribution >= 4 is 17.3 Å². The van der Waals surface area contributed by atoms with Gasteiger partial charge in [0.2, 0.25) is 0 Å². The van der Waals surface area contributed by atoms with E-state index in [1.807, 2.05) is 18.2 Å². The smallest absolute Gasteiger partial charge is 0.0638 e. The maximum Gasteiger partial charge on any atom is 0.0638 e. The summed E-state index contributed by atoms with van der Waals surface area (Å²) in [5.41, 5.74) is 7.57. The van der Waals surface area contributed by atoms with Crippen molar-refractivity contribution in [3.05, 3.63) is 28.8 Å². The molecule has 94 valence electrons. The van der Waals surface area contributed by atoms with Gasteiger partial charge in [-0.25, -0.2) is 0 Å². The number of benzene rings is 1. The molecule has 0 bridgehead atoms. The van der Waals surface area contributed by atoms with Crippen molar-refractivity contribution in [3.8, 4) is 0 Å². The van der Waals surface area contributed by atoms with Crippen LogP contribution in [0, 0.1) is 0 Å². The average molecular weight is 255 g/mol. The number of hydrogen-bond acceptors (Lipinski definition) is 3. The Morgan fingerprint density at radius 3 is 2.71 bits per heavy atom. The predicted octanol–water partition coefficient (Wildman–Crippen LogP) is 2.53. The van der Waals surface area contributed by atoms with Crippen LogP contribution in [0.3, 0.4) is 0 Å². The molecule has 0 radical (unpaired) electrons. The van der Waals surface area contributed by atoms with E-state index in [2.05, 4.69) is 4.90 Å². The van der Waals surface area contributed by atoms with E-state index in [9.17, 15) is 0 Å². The minimum absolute atomic E-state index is 0.432. The summed E-state index contributed by atoms with van der Waals surface area (Å²) < 4.78 is 5.36. The first-order valence-electron chi connectivity index (χ1n) is 5.98. The Morgan fingerprint density at radius 1 is 1.41 bits per heavy atom. The Morgan fingerprint density at radius 2 is 2.12 bits per heavy atom. The van der Waals surface area contributed by atoms with Crippen molar-refractivity contribution in [1.82, 2.24) is 4.90 Å². The van der Waals surface area contributed by atoms with E-state index in [1.165, 1.54) is 5.56 Å². The summed E-state index contributed by atoms with van der Waals surface area (Å²) in [6.45, 7) is 3.11. The summed E-state index contributed by atoms with van der Waals surface area (Å²) >= 11 is 6.01. The molecule has 1 heterocycles. The summed E-state index contributed by atoms with van der Waals surface area (Å²) in [4.78, 5) is 2.43. The van der Waals surface area contributed by atoms with Crippen LogP contribution in [0.1, 0.15) is 18.4 Å². The van der Waals surface area contributed by atoms with Crippen LogP contribution in [0.15, 0.2) is 18.2 Å². The number of nitrogens with zero attached hydrogens (tertiary/aromatic N) is 1. The SMILES string of the molecule is COC1CCN(Cc2ccc(N)c(Cl)c2)CC1. The van der Waals surface area contributed by atoms with E-state index >= 15 is 0 Å². The second-order valence-corrected chi connectivity index (χ2v) is 4.97. The number of likely N-dealkylation sites (tertiary alicyclic amines) is 1. The third-order valence-corrected chi connectivity index (χ3v) is 3.67. The summed E-state index contributed by atoms with van der Waals surface area (Å²) in [5.74, 6) is 0. The largest absolute Gasteiger partial charge is 0.398 e. The van der Waals surface area contributed by atoms with Crippen molar-refractivity contribution in [1.29, 1.82) is 0 Å². The summed E-state index contributed by atoms with van der Waals surface area (Å²) in [5, 5.41) is 0.647. The topological polar surface area (TPSA) is 38.5 Å². The first-order chi connectivity index (χ1) is 8.19. The standard InChI is InChI=1S/C13H19ClN2O/c1-17-11-4-6-16(7-5-11)9-10-2-3-13(15)12(14)8-10/h2-3,8,11H,4-7,9,15H2,1H3. The van der Waals surface area contributed by atoms with Crippen LogP contribution >= 0.6 is 11.6 Å². The van der Waals surface area contributed by atoms with Gasteiger partial charge in [0, 0.05) is 26.7 Å². The highest BCUT2D eigenvalue weighted by Gasteiger charge is 2.18. The molecule has 4 heteroatoms. The monoisotopic (exact) mass is 254 g/mol. The van der Waals surface area contributed by atoms with Crippen LogP contribution in [0.5, 0.6) is 0 Å². The third kappa shape index (κ3) is 3.35. The van der Waals surface area contributed by atoms with Crippen molar-refractivity contribution in [2.75, 3.05) is 25.9 Å². The molecule has 0 aliphatic carbocycles. The Balaban J connectivity index is 1.91. The minimum Gasteiger partial charge on any atom is -0.398 e. The molecule has 0 amide bonds. The number of piperidine rings is 1. The fourth-order valence-corrected chi connectivity index (χ4v) is 2.43. The Labute approximate surface area is 107 Å². The molecular formula is C13H19ClN2O. The molecule has 3 nitrogen and oxygen atoms in total. The van der Waals surface area contributed by atoms with E-state index in [-0.39, 0.29) is 0 Å². The average Bonchev–Trinajstić information content (AvgIpc) is 2.35. The first kappa shape index (κ1) is 12.7. The second-order valence-electron chi connectivity index (χ2n) is 4.57. The second kappa shape index (κ2) is 5.71. The molecule has 1 aliphatic heterocycles. The number of nitrogen functional groups attached to an aromatic ring is 1. The number of nitrogens with two attached hydrogens (primary N) is 1. The zero-order valence-electron chi connectivity index (χ0n) is 10.2. The molecule has 1 aromatic rings. The maximum absolute atomic E-state index is 6.01. The van der Waals surface area contributed by atoms with Crippen molar-refractivity contribution in [2.45, 2.75) is 25.5 Å². The highest BCUT2D eigenvalue weighted by molar-refractivity contribution is 6.33. The lowest BCUT2D eigenvalue weighted by Crippen LogP contribution is -2.36. The quantitative estimate of drug-likeness (QED) is 0.843. The number of methoxy groups -OCH3 is 1. The van der Waals surface area contributed by atoms with E-state index in [0.29, 0.717) is 16.8 Å². The molecule has 0 atom stereocenters. The highest BCUT2D eigenvalue weighted by atomic mass is 35.5. The zero-order valence-corrected chi connectivity index (χ0v) is 10.9. The minimum atomic E-state index is 0.432. The number of halogens is 1. The van der Waals surface area contributed by atoms with Gasteiger partial charge in [-0.05, 0) is 30.5 Å². The van der Waals surface area contributed by atoms with Crippen LogP contribution in [0.2, 0.25) is 5.02 Å². The summed E-state index contributed by atoms with van der Waals surface area (Å²) in [6, 6.07) is 5.88. The lowest BCUT2D eigenvalue weighted by molar-refractivity contribution is 0.0389. The summed E-state index contributed by atoms with van der Waals surface area (Å²) in [7, 11) is 1.79. The van der Waals surface area contributed by atoms with Gasteiger partial charge in [0.15, 0.2) is 0 Å². The molecular weight excluding hydrogens is 236 g/mol. The third-order valence-electron chi connectivity index (χ3n) is 3.34. The molecule has 0 spiro atoms. The molecule has 2 N–H and O–H groups in total. The van der Waals surface area contributed by atoms with Crippen molar-refractivity contribution in [3.63, 3.8) is 0 Å². The van der Waals surface area contributed by atoms with Crippen LogP contribution < -0.4 is 5.73 Å². The Bertz CT molecular complexity index is 376.